The summed E-state index contributed by atoms with van der Waals surface area (Å²) in [5.74, 6) is -3.59. The van der Waals surface area contributed by atoms with E-state index in [9.17, 15) is 31.4 Å². The highest BCUT2D eigenvalue weighted by atomic mass is 19.4. The molecule has 0 saturated heterocycles. The van der Waals surface area contributed by atoms with Crippen LogP contribution in [-0.4, -0.2) is 32.7 Å². The number of oxime groups is 1. The Balaban J connectivity index is 1.83. The van der Waals surface area contributed by atoms with E-state index in [1.165, 1.54) is 24.3 Å². The van der Waals surface area contributed by atoms with E-state index in [-0.39, 0.29) is 22.7 Å². The minimum atomic E-state index is -5.02. The van der Waals surface area contributed by atoms with Crippen molar-refractivity contribution < 1.29 is 36.3 Å². The molecule has 1 N–H and O–H groups in total. The quantitative estimate of drug-likeness (QED) is 0.813. The fraction of sp³-hybridized carbons (Fsp3) is 0.267. The second-order valence-corrected chi connectivity index (χ2v) is 5.43. The van der Waals surface area contributed by atoms with Crippen molar-refractivity contribution in [3.05, 3.63) is 47.8 Å². The van der Waals surface area contributed by atoms with Gasteiger partial charge < -0.3 is 9.94 Å². The predicted molar refractivity (Wildman–Crippen MR) is 75.7 cm³/mol. The molecule has 1 aliphatic heterocycles. The van der Waals surface area contributed by atoms with Gasteiger partial charge in [-0.1, -0.05) is 29.4 Å². The van der Waals surface area contributed by atoms with Crippen molar-refractivity contribution in [1.82, 2.24) is 9.97 Å². The highest BCUT2D eigenvalue weighted by Crippen LogP contribution is 2.39. The van der Waals surface area contributed by atoms with Crippen LogP contribution in [0.15, 0.2) is 41.7 Å². The van der Waals surface area contributed by atoms with Gasteiger partial charge in [0.25, 0.3) is 0 Å². The van der Waals surface area contributed by atoms with E-state index in [1.807, 2.05) is 0 Å². The van der Waals surface area contributed by atoms with E-state index in [4.69, 9.17) is 0 Å². The Hall–Kier alpha value is -2.69. The zero-order valence-electron chi connectivity index (χ0n) is 12.6. The molecule has 1 aromatic carbocycles. The van der Waals surface area contributed by atoms with E-state index in [2.05, 4.69) is 20.0 Å². The Morgan fingerprint density at radius 3 is 2.12 bits per heavy atom. The first-order chi connectivity index (χ1) is 12.0. The minimum Gasteiger partial charge on any atom is -0.350 e. The molecule has 3 rings (SSSR count). The average molecular weight is 377 g/mol. The lowest BCUT2D eigenvalue weighted by Gasteiger charge is -2.22. The van der Waals surface area contributed by atoms with Crippen molar-refractivity contribution in [2.75, 3.05) is 0 Å². The summed E-state index contributed by atoms with van der Waals surface area (Å²) in [6, 6.07) is 6.03. The molecule has 1 unspecified atom stereocenters. The summed E-state index contributed by atoms with van der Waals surface area (Å²) in [6.45, 7) is 0. The van der Waals surface area contributed by atoms with E-state index in [1.54, 1.807) is 0 Å². The third-order valence-electron chi connectivity index (χ3n) is 3.58. The molecule has 0 fully saturated rings. The third-order valence-corrected chi connectivity index (χ3v) is 3.58. The van der Waals surface area contributed by atoms with Crippen molar-refractivity contribution in [2.24, 2.45) is 5.16 Å². The van der Waals surface area contributed by atoms with Crippen LogP contribution < -0.4 is 0 Å². The monoisotopic (exact) mass is 377 g/mol. The largest absolute Gasteiger partial charge is 0.458 e. The first-order valence-corrected chi connectivity index (χ1v) is 7.05. The topological polar surface area (TPSA) is 67.6 Å². The molecule has 1 aliphatic rings. The van der Waals surface area contributed by atoms with Crippen LogP contribution in [0.2, 0.25) is 0 Å². The van der Waals surface area contributed by atoms with E-state index >= 15 is 0 Å². The van der Waals surface area contributed by atoms with Gasteiger partial charge in [0.1, 0.15) is 5.69 Å². The van der Waals surface area contributed by atoms with Gasteiger partial charge in [0, 0.05) is 11.8 Å². The molecule has 0 amide bonds. The second kappa shape index (κ2) is 5.94. The van der Waals surface area contributed by atoms with Gasteiger partial charge in [-0.15, -0.1) is 0 Å². The third kappa shape index (κ3) is 3.34. The van der Waals surface area contributed by atoms with Gasteiger partial charge in [-0.2, -0.15) is 26.3 Å². The Kier molecular flexibility index (Phi) is 4.14. The molecule has 0 bridgehead atoms. The number of hydrogen-bond acceptors (Lipinski definition) is 5. The molecule has 1 aromatic heterocycles. The molecule has 11 heteroatoms. The highest BCUT2D eigenvalue weighted by Gasteiger charge is 2.60. The molecule has 138 valence electrons. The Morgan fingerprint density at radius 1 is 0.962 bits per heavy atom. The van der Waals surface area contributed by atoms with E-state index < -0.39 is 30.3 Å². The first kappa shape index (κ1) is 18.1. The number of rotatable bonds is 2. The Labute approximate surface area is 141 Å². The maximum atomic E-state index is 12.7. The molecule has 2 aromatic rings. The van der Waals surface area contributed by atoms with Gasteiger partial charge in [0.05, 0.1) is 12.1 Å². The average Bonchev–Trinajstić information content (AvgIpc) is 2.98. The minimum absolute atomic E-state index is 0.152. The van der Waals surface area contributed by atoms with Crippen LogP contribution >= 0.6 is 0 Å². The zero-order chi connectivity index (χ0) is 19.2. The molecular formula is C15H9F6N3O2. The number of alkyl halides is 6. The molecule has 1 atom stereocenters. The standard InChI is InChI=1S/C15H9F6N3O2/c16-14(17,18)11-5-6-22-12(23-11)9-3-1-8(2-4-9)10-7-13(25,26-24-10)15(19,20)21/h1-6,25H,7H2. The van der Waals surface area contributed by atoms with Gasteiger partial charge >= 0.3 is 18.1 Å². The summed E-state index contributed by atoms with van der Waals surface area (Å²) in [4.78, 5) is 11.3. The molecule has 0 saturated carbocycles. The molecule has 5 nitrogen and oxygen atoms in total. The van der Waals surface area contributed by atoms with Crippen LogP contribution in [0.3, 0.4) is 0 Å². The van der Waals surface area contributed by atoms with E-state index in [0.29, 0.717) is 0 Å². The van der Waals surface area contributed by atoms with Crippen LogP contribution in [0.4, 0.5) is 26.3 Å². The van der Waals surface area contributed by atoms with Gasteiger partial charge in [-0.3, -0.25) is 0 Å². The van der Waals surface area contributed by atoms with Crippen LogP contribution in [0, 0.1) is 0 Å². The van der Waals surface area contributed by atoms with Crippen LogP contribution in [0.25, 0.3) is 11.4 Å². The zero-order valence-corrected chi connectivity index (χ0v) is 12.6. The molecular weight excluding hydrogens is 368 g/mol. The van der Waals surface area contributed by atoms with Crippen molar-refractivity contribution >= 4 is 5.71 Å². The number of halogens is 6. The molecule has 0 spiro atoms. The summed E-state index contributed by atoms with van der Waals surface area (Å²) in [7, 11) is 0. The number of benzene rings is 1. The summed E-state index contributed by atoms with van der Waals surface area (Å²) in [6.07, 6.45) is -9.60. The SMILES string of the molecule is OC1(C(F)(F)F)CC(c2ccc(-c3nccc(C(F)(F)F)n3)cc2)=NO1. The van der Waals surface area contributed by atoms with Gasteiger partial charge in [0.15, 0.2) is 5.82 Å². The summed E-state index contributed by atoms with van der Waals surface area (Å²) in [5, 5.41) is 12.7. The number of aliphatic hydroxyl groups is 1. The van der Waals surface area contributed by atoms with Crippen molar-refractivity contribution in [2.45, 2.75) is 24.6 Å². The highest BCUT2D eigenvalue weighted by molar-refractivity contribution is 6.01. The molecule has 0 aliphatic carbocycles. The lowest BCUT2D eigenvalue weighted by atomic mass is 10.0. The normalized spacial score (nSPS) is 20.7. The van der Waals surface area contributed by atoms with Crippen molar-refractivity contribution in [3.63, 3.8) is 0 Å². The van der Waals surface area contributed by atoms with Gasteiger partial charge in [-0.25, -0.2) is 9.97 Å². The van der Waals surface area contributed by atoms with Crippen LogP contribution in [0.5, 0.6) is 0 Å². The number of hydrogen-bond donors (Lipinski definition) is 1. The first-order valence-electron chi connectivity index (χ1n) is 7.05. The lowest BCUT2D eigenvalue weighted by molar-refractivity contribution is -0.355. The van der Waals surface area contributed by atoms with Crippen LogP contribution in [0.1, 0.15) is 17.7 Å². The van der Waals surface area contributed by atoms with Crippen molar-refractivity contribution in [3.8, 4) is 11.4 Å². The summed E-state index contributed by atoms with van der Waals surface area (Å²) >= 11 is 0. The predicted octanol–water partition coefficient (Wildman–Crippen LogP) is 3.54. The fourth-order valence-electron chi connectivity index (χ4n) is 2.20. The lowest BCUT2D eigenvalue weighted by Crippen LogP contribution is -2.45. The summed E-state index contributed by atoms with van der Waals surface area (Å²) in [5.41, 5.74) is -0.830. The Bertz CT molecular complexity index is 848. The molecule has 0 radical (unpaired) electrons. The molecule has 2 heterocycles. The van der Waals surface area contributed by atoms with E-state index in [0.717, 1.165) is 12.3 Å². The smallest absolute Gasteiger partial charge is 0.350 e. The second-order valence-electron chi connectivity index (χ2n) is 5.43. The van der Waals surface area contributed by atoms with Crippen LogP contribution in [-0.2, 0) is 11.0 Å². The maximum absolute atomic E-state index is 12.7. The molecule has 26 heavy (non-hydrogen) atoms. The maximum Gasteiger partial charge on any atom is 0.458 e. The Morgan fingerprint density at radius 2 is 1.58 bits per heavy atom. The van der Waals surface area contributed by atoms with Crippen molar-refractivity contribution in [1.29, 1.82) is 0 Å². The number of nitrogens with zero attached hydrogens (tertiary/aromatic N) is 3. The summed E-state index contributed by atoms with van der Waals surface area (Å²) < 4.78 is 76.1. The fourth-order valence-corrected chi connectivity index (χ4v) is 2.20. The number of aromatic nitrogens is 2. The van der Waals surface area contributed by atoms with Gasteiger partial charge in [0.2, 0.25) is 0 Å². The van der Waals surface area contributed by atoms with Gasteiger partial charge in [-0.05, 0) is 11.6 Å².